The molecule has 0 unspecified atom stereocenters. The van der Waals surface area contributed by atoms with Gasteiger partial charge in [-0.3, -0.25) is 9.59 Å². The molecule has 124 valence electrons. The number of carbonyl (C=O) groups is 2. The van der Waals surface area contributed by atoms with Crippen molar-refractivity contribution in [3.8, 4) is 0 Å². The molecule has 1 heterocycles. The number of nitrogens with one attached hydrogen (secondary N) is 3. The van der Waals surface area contributed by atoms with E-state index < -0.39 is 6.04 Å². The Labute approximate surface area is 141 Å². The molecule has 23 heavy (non-hydrogen) atoms. The van der Waals surface area contributed by atoms with Gasteiger partial charge in [0.1, 0.15) is 0 Å². The first-order chi connectivity index (χ1) is 11.0. The highest BCUT2D eigenvalue weighted by molar-refractivity contribution is 6.33. The number of benzene rings is 1. The third kappa shape index (κ3) is 3.85. The molecule has 2 fully saturated rings. The van der Waals surface area contributed by atoms with Gasteiger partial charge in [-0.15, -0.1) is 0 Å². The van der Waals surface area contributed by atoms with Crippen LogP contribution in [0.25, 0.3) is 0 Å². The molecule has 0 bridgehead atoms. The lowest BCUT2D eigenvalue weighted by atomic mass is 9.87. The first-order valence-electron chi connectivity index (χ1n) is 8.15. The quantitative estimate of drug-likeness (QED) is 0.794. The maximum Gasteiger partial charge on any atom is 0.237 e. The van der Waals surface area contributed by atoms with Crippen molar-refractivity contribution in [2.24, 2.45) is 0 Å². The third-order valence-electron chi connectivity index (χ3n) is 4.61. The largest absolute Gasteiger partial charge is 0.350 e. The van der Waals surface area contributed by atoms with Crippen LogP contribution in [0.2, 0.25) is 5.02 Å². The average molecular weight is 336 g/mol. The van der Waals surface area contributed by atoms with Crippen molar-refractivity contribution in [1.29, 1.82) is 0 Å². The van der Waals surface area contributed by atoms with Crippen molar-refractivity contribution in [1.82, 2.24) is 10.6 Å². The lowest BCUT2D eigenvalue weighted by molar-refractivity contribution is -0.129. The minimum absolute atomic E-state index is 0.0849. The summed E-state index contributed by atoms with van der Waals surface area (Å²) < 4.78 is 0. The molecule has 1 aliphatic carbocycles. The van der Waals surface area contributed by atoms with Gasteiger partial charge in [-0.1, -0.05) is 30.5 Å². The molecule has 0 aromatic heterocycles. The monoisotopic (exact) mass is 335 g/mol. The molecule has 1 saturated heterocycles. The minimum Gasteiger partial charge on any atom is -0.350 e. The molecule has 3 atom stereocenters. The Balaban J connectivity index is 1.59. The molecule has 0 spiro atoms. The Bertz CT molecular complexity index is 620. The summed E-state index contributed by atoms with van der Waals surface area (Å²) in [4.78, 5) is 24.4. The zero-order chi connectivity index (χ0) is 16.4. The SMILES string of the molecule is Cc1ccc(NC(=O)C[C@@H]2N[C@H]3CCCC[C@@H]3NC2=O)c(Cl)c1. The van der Waals surface area contributed by atoms with Gasteiger partial charge >= 0.3 is 0 Å². The van der Waals surface area contributed by atoms with Gasteiger partial charge in [0.15, 0.2) is 0 Å². The Morgan fingerprint density at radius 3 is 2.78 bits per heavy atom. The van der Waals surface area contributed by atoms with E-state index in [4.69, 9.17) is 11.6 Å². The number of hydrogen-bond acceptors (Lipinski definition) is 3. The molecular formula is C17H22ClN3O2. The molecule has 1 aromatic rings. The summed E-state index contributed by atoms with van der Waals surface area (Å²) in [6.07, 6.45) is 4.50. The van der Waals surface area contributed by atoms with Crippen molar-refractivity contribution in [2.45, 2.75) is 57.2 Å². The van der Waals surface area contributed by atoms with E-state index in [0.29, 0.717) is 10.7 Å². The van der Waals surface area contributed by atoms with E-state index in [1.54, 1.807) is 12.1 Å². The number of anilines is 1. The van der Waals surface area contributed by atoms with Crippen LogP contribution in [0.4, 0.5) is 5.69 Å². The fraction of sp³-hybridized carbons (Fsp3) is 0.529. The van der Waals surface area contributed by atoms with E-state index in [1.165, 1.54) is 6.42 Å². The van der Waals surface area contributed by atoms with Crippen molar-refractivity contribution < 1.29 is 9.59 Å². The minimum atomic E-state index is -0.474. The first kappa shape index (κ1) is 16.3. The second-order valence-electron chi connectivity index (χ2n) is 6.46. The standard InChI is InChI=1S/C17H22ClN3O2/c1-10-6-7-12(11(18)8-10)20-16(22)9-15-17(23)21-14-5-3-2-4-13(14)19-15/h6-8,13-15,19H,2-5,9H2,1H3,(H,20,22)(H,21,23)/t13-,14-,15-/m0/s1. The zero-order valence-electron chi connectivity index (χ0n) is 13.2. The Morgan fingerprint density at radius 2 is 2.04 bits per heavy atom. The molecule has 1 aliphatic heterocycles. The van der Waals surface area contributed by atoms with Gasteiger partial charge in [-0.2, -0.15) is 0 Å². The van der Waals surface area contributed by atoms with Crippen LogP contribution in [-0.4, -0.2) is 29.9 Å². The summed E-state index contributed by atoms with van der Waals surface area (Å²) in [6, 6.07) is 5.48. The Hall–Kier alpha value is -1.59. The lowest BCUT2D eigenvalue weighted by Gasteiger charge is -2.40. The number of halogens is 1. The number of rotatable bonds is 3. The molecule has 5 nitrogen and oxygen atoms in total. The molecule has 6 heteroatoms. The Morgan fingerprint density at radius 1 is 1.30 bits per heavy atom. The van der Waals surface area contributed by atoms with Crippen molar-refractivity contribution in [2.75, 3.05) is 5.32 Å². The van der Waals surface area contributed by atoms with E-state index in [1.807, 2.05) is 13.0 Å². The maximum absolute atomic E-state index is 12.2. The van der Waals surface area contributed by atoms with Gasteiger partial charge in [-0.05, 0) is 37.5 Å². The number of fused-ring (bicyclic) bond motifs is 1. The fourth-order valence-electron chi connectivity index (χ4n) is 3.38. The smallest absolute Gasteiger partial charge is 0.237 e. The number of hydrogen-bond donors (Lipinski definition) is 3. The molecule has 3 rings (SSSR count). The molecule has 0 radical (unpaired) electrons. The van der Waals surface area contributed by atoms with Crippen LogP contribution >= 0.6 is 11.6 Å². The predicted octanol–water partition coefficient (Wildman–Crippen LogP) is 2.38. The number of carbonyl (C=O) groups excluding carboxylic acids is 2. The second-order valence-corrected chi connectivity index (χ2v) is 6.87. The number of piperazine rings is 1. The van der Waals surface area contributed by atoms with Crippen molar-refractivity contribution >= 4 is 29.1 Å². The van der Waals surface area contributed by atoms with E-state index in [-0.39, 0.29) is 30.3 Å². The van der Waals surface area contributed by atoms with Crippen LogP contribution in [0.5, 0.6) is 0 Å². The zero-order valence-corrected chi connectivity index (χ0v) is 14.0. The highest BCUT2D eigenvalue weighted by Crippen LogP contribution is 2.24. The molecular weight excluding hydrogens is 314 g/mol. The van der Waals surface area contributed by atoms with E-state index in [0.717, 1.165) is 24.8 Å². The van der Waals surface area contributed by atoms with Crippen LogP contribution in [0.15, 0.2) is 18.2 Å². The van der Waals surface area contributed by atoms with Gasteiger partial charge in [0.2, 0.25) is 11.8 Å². The predicted molar refractivity (Wildman–Crippen MR) is 90.5 cm³/mol. The fourth-order valence-corrected chi connectivity index (χ4v) is 3.66. The molecule has 2 amide bonds. The molecule has 1 saturated carbocycles. The third-order valence-corrected chi connectivity index (χ3v) is 4.93. The van der Waals surface area contributed by atoms with Gasteiger partial charge in [-0.25, -0.2) is 0 Å². The van der Waals surface area contributed by atoms with Crippen LogP contribution in [0.1, 0.15) is 37.7 Å². The second kappa shape index (κ2) is 6.89. The highest BCUT2D eigenvalue weighted by atomic mass is 35.5. The summed E-state index contributed by atoms with van der Waals surface area (Å²) in [7, 11) is 0. The van der Waals surface area contributed by atoms with Crippen LogP contribution in [0, 0.1) is 6.92 Å². The van der Waals surface area contributed by atoms with Crippen molar-refractivity contribution in [3.05, 3.63) is 28.8 Å². The summed E-state index contributed by atoms with van der Waals surface area (Å²) >= 11 is 6.13. The van der Waals surface area contributed by atoms with Crippen LogP contribution < -0.4 is 16.0 Å². The van der Waals surface area contributed by atoms with Crippen LogP contribution in [0.3, 0.4) is 0 Å². The Kier molecular flexibility index (Phi) is 4.87. The molecule has 2 aliphatic rings. The van der Waals surface area contributed by atoms with Gasteiger partial charge in [0, 0.05) is 12.1 Å². The van der Waals surface area contributed by atoms with Crippen molar-refractivity contribution in [3.63, 3.8) is 0 Å². The van der Waals surface area contributed by atoms with E-state index in [2.05, 4.69) is 16.0 Å². The van der Waals surface area contributed by atoms with E-state index >= 15 is 0 Å². The topological polar surface area (TPSA) is 70.2 Å². The first-order valence-corrected chi connectivity index (χ1v) is 8.53. The normalized spacial score (nSPS) is 27.0. The molecule has 3 N–H and O–H groups in total. The summed E-state index contributed by atoms with van der Waals surface area (Å²) in [5.41, 5.74) is 1.61. The number of aryl methyl sites for hydroxylation is 1. The van der Waals surface area contributed by atoms with Gasteiger partial charge < -0.3 is 16.0 Å². The summed E-state index contributed by atoms with van der Waals surface area (Å²) in [5.74, 6) is -0.295. The maximum atomic E-state index is 12.2. The molecule has 1 aromatic carbocycles. The summed E-state index contributed by atoms with van der Waals surface area (Å²) in [6.45, 7) is 1.94. The lowest BCUT2D eigenvalue weighted by Crippen LogP contribution is -2.65. The van der Waals surface area contributed by atoms with Gasteiger partial charge in [0.05, 0.1) is 23.2 Å². The highest BCUT2D eigenvalue weighted by Gasteiger charge is 2.36. The number of amides is 2. The van der Waals surface area contributed by atoms with Gasteiger partial charge in [0.25, 0.3) is 0 Å². The summed E-state index contributed by atoms with van der Waals surface area (Å²) in [5, 5.41) is 9.68. The average Bonchev–Trinajstić information content (AvgIpc) is 2.51. The van der Waals surface area contributed by atoms with E-state index in [9.17, 15) is 9.59 Å². The van der Waals surface area contributed by atoms with Crippen LogP contribution in [-0.2, 0) is 9.59 Å².